The van der Waals surface area contributed by atoms with E-state index in [4.69, 9.17) is 9.26 Å². The van der Waals surface area contributed by atoms with Gasteiger partial charge >= 0.3 is 0 Å². The lowest BCUT2D eigenvalue weighted by Gasteiger charge is -2.14. The van der Waals surface area contributed by atoms with E-state index in [9.17, 15) is 4.79 Å². The summed E-state index contributed by atoms with van der Waals surface area (Å²) in [6.45, 7) is 3.61. The van der Waals surface area contributed by atoms with Crippen LogP contribution in [0.25, 0.3) is 11.1 Å². The van der Waals surface area contributed by atoms with Gasteiger partial charge in [0.1, 0.15) is 12.4 Å². The lowest BCUT2D eigenvalue weighted by Crippen LogP contribution is -2.22. The van der Waals surface area contributed by atoms with Crippen molar-refractivity contribution in [2.75, 3.05) is 27.2 Å². The highest BCUT2D eigenvalue weighted by Gasteiger charge is 2.10. The number of ether oxygens (including phenoxy) is 1. The highest BCUT2D eigenvalue weighted by atomic mass is 16.5. The molecule has 6 heteroatoms. The summed E-state index contributed by atoms with van der Waals surface area (Å²) in [7, 11) is 4.03. The highest BCUT2D eigenvalue weighted by Crippen LogP contribution is 2.30. The number of hydrogen-bond donors (Lipinski definition) is 1. The zero-order chi connectivity index (χ0) is 19.9. The lowest BCUT2D eigenvalue weighted by molar-refractivity contribution is 0.0947. The molecule has 0 atom stereocenters. The summed E-state index contributed by atoms with van der Waals surface area (Å²) in [5, 5.41) is 6.65. The third-order valence-electron chi connectivity index (χ3n) is 4.24. The molecule has 0 bridgehead atoms. The maximum atomic E-state index is 12.3. The molecule has 0 radical (unpaired) electrons. The molecule has 2 aromatic carbocycles. The Morgan fingerprint density at radius 2 is 1.89 bits per heavy atom. The Hall–Kier alpha value is -3.12. The molecule has 146 valence electrons. The normalized spacial score (nSPS) is 10.9. The second kappa shape index (κ2) is 9.19. The van der Waals surface area contributed by atoms with Gasteiger partial charge < -0.3 is 19.5 Å². The van der Waals surface area contributed by atoms with Crippen LogP contribution in [-0.2, 0) is 6.54 Å². The fourth-order valence-electron chi connectivity index (χ4n) is 2.74. The van der Waals surface area contributed by atoms with E-state index in [0.717, 1.165) is 29.1 Å². The van der Waals surface area contributed by atoms with Gasteiger partial charge in [-0.3, -0.25) is 4.79 Å². The van der Waals surface area contributed by atoms with Gasteiger partial charge in [0.2, 0.25) is 0 Å². The van der Waals surface area contributed by atoms with E-state index >= 15 is 0 Å². The smallest absolute Gasteiger partial charge is 0.251 e. The second-order valence-electron chi connectivity index (χ2n) is 6.84. The van der Waals surface area contributed by atoms with Crippen molar-refractivity contribution >= 4 is 5.91 Å². The van der Waals surface area contributed by atoms with Gasteiger partial charge in [-0.05, 0) is 44.8 Å². The zero-order valence-electron chi connectivity index (χ0n) is 16.4. The van der Waals surface area contributed by atoms with Crippen LogP contribution in [0, 0.1) is 6.92 Å². The molecule has 0 unspecified atom stereocenters. The number of carbonyl (C=O) groups is 1. The molecular formula is C22H25N3O3. The van der Waals surface area contributed by atoms with Gasteiger partial charge in [-0.1, -0.05) is 35.5 Å². The zero-order valence-corrected chi connectivity index (χ0v) is 16.4. The molecular weight excluding hydrogens is 354 g/mol. The molecule has 1 amide bonds. The van der Waals surface area contributed by atoms with Crippen molar-refractivity contribution in [1.82, 2.24) is 15.4 Å². The highest BCUT2D eigenvalue weighted by molar-refractivity contribution is 5.94. The molecule has 1 aromatic heterocycles. The van der Waals surface area contributed by atoms with Gasteiger partial charge in [0.15, 0.2) is 5.76 Å². The largest absolute Gasteiger partial charge is 0.492 e. The quantitative estimate of drug-likeness (QED) is 0.649. The summed E-state index contributed by atoms with van der Waals surface area (Å²) in [5.41, 5.74) is 3.39. The molecule has 1 heterocycles. The molecule has 1 N–H and O–H groups in total. The minimum absolute atomic E-state index is 0.156. The Morgan fingerprint density at radius 3 is 2.57 bits per heavy atom. The SMILES string of the molecule is Cc1cc(CNC(=O)c2ccc(-c3ccccc3OCCN(C)C)cc2)on1. The Bertz CT molecular complexity index is 917. The number of nitrogens with one attached hydrogen (secondary N) is 1. The maximum absolute atomic E-state index is 12.3. The second-order valence-corrected chi connectivity index (χ2v) is 6.84. The first-order valence-corrected chi connectivity index (χ1v) is 9.20. The van der Waals surface area contributed by atoms with E-state index in [0.29, 0.717) is 24.5 Å². The van der Waals surface area contributed by atoms with Crippen LogP contribution < -0.4 is 10.1 Å². The van der Waals surface area contributed by atoms with Gasteiger partial charge in [-0.2, -0.15) is 0 Å². The minimum atomic E-state index is -0.156. The molecule has 0 aliphatic carbocycles. The third kappa shape index (κ3) is 5.20. The van der Waals surface area contributed by atoms with Crippen LogP contribution in [0.3, 0.4) is 0 Å². The van der Waals surface area contributed by atoms with Gasteiger partial charge in [0.05, 0.1) is 12.2 Å². The molecule has 3 rings (SSSR count). The van der Waals surface area contributed by atoms with Crippen molar-refractivity contribution in [1.29, 1.82) is 0 Å². The Balaban J connectivity index is 1.66. The van der Waals surface area contributed by atoms with Gasteiger partial charge in [0, 0.05) is 23.7 Å². The molecule has 0 aliphatic rings. The van der Waals surface area contributed by atoms with Crippen LogP contribution in [-0.4, -0.2) is 43.2 Å². The maximum Gasteiger partial charge on any atom is 0.251 e. The minimum Gasteiger partial charge on any atom is -0.492 e. The molecule has 6 nitrogen and oxygen atoms in total. The molecule has 0 saturated carbocycles. The number of carbonyl (C=O) groups excluding carboxylic acids is 1. The number of rotatable bonds is 8. The molecule has 3 aromatic rings. The van der Waals surface area contributed by atoms with Gasteiger partial charge in [-0.25, -0.2) is 0 Å². The van der Waals surface area contributed by atoms with Crippen molar-refractivity contribution < 1.29 is 14.1 Å². The Labute approximate surface area is 165 Å². The average molecular weight is 379 g/mol. The van der Waals surface area contributed by atoms with E-state index in [2.05, 4.69) is 15.4 Å². The first-order chi connectivity index (χ1) is 13.5. The standard InChI is InChI=1S/C22H25N3O3/c1-16-14-19(28-24-16)15-23-22(26)18-10-8-17(9-11-18)20-6-4-5-7-21(20)27-13-12-25(2)3/h4-11,14H,12-13,15H2,1-3H3,(H,23,26). The summed E-state index contributed by atoms with van der Waals surface area (Å²) in [6, 6.07) is 17.2. The van der Waals surface area contributed by atoms with E-state index in [-0.39, 0.29) is 5.91 Å². The fourth-order valence-corrected chi connectivity index (χ4v) is 2.74. The number of para-hydroxylation sites is 1. The van der Waals surface area contributed by atoms with Crippen molar-refractivity contribution in [3.63, 3.8) is 0 Å². The van der Waals surface area contributed by atoms with Crippen LogP contribution in [0.15, 0.2) is 59.1 Å². The van der Waals surface area contributed by atoms with Crippen molar-refractivity contribution in [3.8, 4) is 16.9 Å². The summed E-state index contributed by atoms with van der Waals surface area (Å²) >= 11 is 0. The molecule has 0 aliphatic heterocycles. The first kappa shape index (κ1) is 19.6. The first-order valence-electron chi connectivity index (χ1n) is 9.20. The fraction of sp³-hybridized carbons (Fsp3) is 0.273. The van der Waals surface area contributed by atoms with Gasteiger partial charge in [0.25, 0.3) is 5.91 Å². The lowest BCUT2D eigenvalue weighted by atomic mass is 10.0. The molecule has 0 fully saturated rings. The van der Waals surface area contributed by atoms with E-state index in [1.165, 1.54) is 0 Å². The molecule has 28 heavy (non-hydrogen) atoms. The van der Waals surface area contributed by atoms with Crippen LogP contribution in [0.2, 0.25) is 0 Å². The molecule has 0 spiro atoms. The summed E-state index contributed by atoms with van der Waals surface area (Å²) in [4.78, 5) is 14.4. The van der Waals surface area contributed by atoms with Crippen molar-refractivity contribution in [2.45, 2.75) is 13.5 Å². The number of aromatic nitrogens is 1. The number of nitrogens with zero attached hydrogens (tertiary/aromatic N) is 2. The van der Waals surface area contributed by atoms with Crippen LogP contribution in [0.4, 0.5) is 0 Å². The van der Waals surface area contributed by atoms with E-state index in [1.807, 2.05) is 69.6 Å². The van der Waals surface area contributed by atoms with Crippen LogP contribution >= 0.6 is 0 Å². The summed E-state index contributed by atoms with van der Waals surface area (Å²) in [5.74, 6) is 1.31. The summed E-state index contributed by atoms with van der Waals surface area (Å²) in [6.07, 6.45) is 0. The van der Waals surface area contributed by atoms with E-state index < -0.39 is 0 Å². The van der Waals surface area contributed by atoms with Crippen LogP contribution in [0.1, 0.15) is 21.8 Å². The number of hydrogen-bond acceptors (Lipinski definition) is 5. The van der Waals surface area contributed by atoms with Crippen molar-refractivity contribution in [2.24, 2.45) is 0 Å². The monoisotopic (exact) mass is 379 g/mol. The Morgan fingerprint density at radius 1 is 1.14 bits per heavy atom. The average Bonchev–Trinajstić information content (AvgIpc) is 3.11. The van der Waals surface area contributed by atoms with Crippen molar-refractivity contribution in [3.05, 3.63) is 71.6 Å². The number of benzene rings is 2. The predicted octanol–water partition coefficient (Wildman–Crippen LogP) is 3.52. The topological polar surface area (TPSA) is 67.6 Å². The predicted molar refractivity (Wildman–Crippen MR) is 108 cm³/mol. The molecule has 0 saturated heterocycles. The Kier molecular flexibility index (Phi) is 6.45. The van der Waals surface area contributed by atoms with E-state index in [1.54, 1.807) is 6.07 Å². The number of likely N-dealkylation sites (N-methyl/N-ethyl adjacent to an activating group) is 1. The number of amides is 1. The van der Waals surface area contributed by atoms with Gasteiger partial charge in [-0.15, -0.1) is 0 Å². The third-order valence-corrected chi connectivity index (χ3v) is 4.24. The van der Waals surface area contributed by atoms with Crippen LogP contribution in [0.5, 0.6) is 5.75 Å². The number of aryl methyl sites for hydroxylation is 1. The summed E-state index contributed by atoms with van der Waals surface area (Å²) < 4.78 is 11.0.